The summed E-state index contributed by atoms with van der Waals surface area (Å²) in [5.74, 6) is -0.417. The summed E-state index contributed by atoms with van der Waals surface area (Å²) in [6, 6.07) is 7.21. The lowest BCUT2D eigenvalue weighted by molar-refractivity contribution is -0.384. The van der Waals surface area contributed by atoms with Crippen molar-refractivity contribution >= 4 is 17.3 Å². The van der Waals surface area contributed by atoms with Crippen LogP contribution in [0.3, 0.4) is 0 Å². The lowest BCUT2D eigenvalue weighted by Gasteiger charge is -2.02. The molecule has 0 saturated heterocycles. The van der Waals surface area contributed by atoms with Gasteiger partial charge in [0, 0.05) is 29.5 Å². The first-order valence-electron chi connectivity index (χ1n) is 6.30. The van der Waals surface area contributed by atoms with Crippen LogP contribution >= 0.6 is 0 Å². The van der Waals surface area contributed by atoms with Crippen molar-refractivity contribution in [1.29, 1.82) is 0 Å². The van der Waals surface area contributed by atoms with Crippen LogP contribution in [0.1, 0.15) is 18.2 Å². The molecule has 114 valence electrons. The zero-order chi connectivity index (χ0) is 16.1. The molecule has 3 N–H and O–H groups in total. The molecule has 0 spiro atoms. The van der Waals surface area contributed by atoms with Crippen LogP contribution in [-0.4, -0.2) is 26.7 Å². The van der Waals surface area contributed by atoms with Crippen molar-refractivity contribution < 1.29 is 9.72 Å². The van der Waals surface area contributed by atoms with Crippen LogP contribution in [0.15, 0.2) is 40.2 Å². The van der Waals surface area contributed by atoms with Crippen LogP contribution in [-0.2, 0) is 11.2 Å². The van der Waals surface area contributed by atoms with Crippen molar-refractivity contribution in [2.75, 3.05) is 0 Å². The maximum atomic E-state index is 11.7. The maximum Gasteiger partial charge on any atom is 0.270 e. The Hall–Kier alpha value is -3.23. The molecule has 0 aliphatic heterocycles. The van der Waals surface area contributed by atoms with Gasteiger partial charge in [0.25, 0.3) is 11.2 Å². The number of nitro benzene ring substituents is 1. The molecule has 0 radical (unpaired) electrons. The summed E-state index contributed by atoms with van der Waals surface area (Å²) in [5, 5.41) is 19.5. The first-order chi connectivity index (χ1) is 10.5. The van der Waals surface area contributed by atoms with E-state index in [1.165, 1.54) is 18.2 Å². The Balaban J connectivity index is 2.03. The van der Waals surface area contributed by atoms with Gasteiger partial charge in [-0.3, -0.25) is 24.8 Å². The number of aromatic amines is 2. The van der Waals surface area contributed by atoms with Crippen molar-refractivity contribution in [2.24, 2.45) is 5.10 Å². The number of nitrogens with zero attached hydrogens (tertiary/aromatic N) is 2. The Kier molecular flexibility index (Phi) is 4.47. The van der Waals surface area contributed by atoms with Gasteiger partial charge < -0.3 is 5.10 Å². The topological polar surface area (TPSA) is 133 Å². The second kappa shape index (κ2) is 6.48. The number of rotatable bonds is 5. The Bertz CT molecular complexity index is 789. The number of aromatic nitrogens is 2. The fourth-order valence-electron chi connectivity index (χ4n) is 1.74. The zero-order valence-corrected chi connectivity index (χ0v) is 11.6. The first-order valence-corrected chi connectivity index (χ1v) is 6.30. The van der Waals surface area contributed by atoms with Crippen LogP contribution in [0, 0.1) is 10.1 Å². The number of H-pyrrole nitrogens is 2. The molecule has 0 aliphatic rings. The third-order valence-corrected chi connectivity index (χ3v) is 2.83. The van der Waals surface area contributed by atoms with E-state index in [4.69, 9.17) is 0 Å². The second-order valence-electron chi connectivity index (χ2n) is 4.50. The second-order valence-corrected chi connectivity index (χ2v) is 4.50. The molecule has 9 heteroatoms. The average Bonchev–Trinajstić information content (AvgIpc) is 2.90. The summed E-state index contributed by atoms with van der Waals surface area (Å²) < 4.78 is 0. The number of benzene rings is 1. The molecule has 0 fully saturated rings. The summed E-state index contributed by atoms with van der Waals surface area (Å²) in [7, 11) is 0. The number of amides is 1. The van der Waals surface area contributed by atoms with Crippen molar-refractivity contribution in [3.8, 4) is 0 Å². The molecule has 0 saturated carbocycles. The molecule has 22 heavy (non-hydrogen) atoms. The largest absolute Gasteiger partial charge is 0.302 e. The van der Waals surface area contributed by atoms with E-state index >= 15 is 0 Å². The number of hydrogen-bond donors (Lipinski definition) is 3. The minimum absolute atomic E-state index is 0.0372. The lowest BCUT2D eigenvalue weighted by Crippen LogP contribution is -2.21. The highest BCUT2D eigenvalue weighted by Crippen LogP contribution is 2.13. The zero-order valence-electron chi connectivity index (χ0n) is 11.6. The molecule has 2 aromatic rings. The number of nitro groups is 1. The van der Waals surface area contributed by atoms with Gasteiger partial charge in [-0.25, -0.2) is 5.43 Å². The SMILES string of the molecule is C/C(=N/NC(=O)Cc1cc(=O)[nH][nH]1)c1cccc([N+](=O)[O-])c1. The molecule has 0 unspecified atom stereocenters. The van der Waals surface area contributed by atoms with Crippen molar-refractivity contribution in [3.05, 3.63) is 62.1 Å². The van der Waals surface area contributed by atoms with Crippen LogP contribution in [0.5, 0.6) is 0 Å². The highest BCUT2D eigenvalue weighted by Gasteiger charge is 2.08. The number of nitrogens with one attached hydrogen (secondary N) is 3. The molecule has 1 aromatic carbocycles. The van der Waals surface area contributed by atoms with Crippen molar-refractivity contribution in [1.82, 2.24) is 15.6 Å². The van der Waals surface area contributed by atoms with E-state index in [0.29, 0.717) is 17.0 Å². The van der Waals surface area contributed by atoms with Gasteiger partial charge in [-0.05, 0) is 6.92 Å². The number of hydrazone groups is 1. The minimum atomic E-state index is -0.502. The quantitative estimate of drug-likeness (QED) is 0.425. The van der Waals surface area contributed by atoms with E-state index < -0.39 is 10.8 Å². The molecule has 0 atom stereocenters. The van der Waals surface area contributed by atoms with Gasteiger partial charge in [-0.15, -0.1) is 0 Å². The highest BCUT2D eigenvalue weighted by molar-refractivity contribution is 5.99. The third kappa shape index (κ3) is 3.88. The predicted octanol–water partition coefficient (Wildman–Crippen LogP) is 0.694. The summed E-state index contributed by atoms with van der Waals surface area (Å²) in [6.07, 6.45) is -0.0372. The van der Waals surface area contributed by atoms with Gasteiger partial charge in [-0.2, -0.15) is 5.10 Å². The van der Waals surface area contributed by atoms with Crippen LogP contribution in [0.25, 0.3) is 0 Å². The van der Waals surface area contributed by atoms with Gasteiger partial charge >= 0.3 is 0 Å². The van der Waals surface area contributed by atoms with E-state index in [-0.39, 0.29) is 17.7 Å². The van der Waals surface area contributed by atoms with Crippen LogP contribution in [0.2, 0.25) is 0 Å². The van der Waals surface area contributed by atoms with Crippen LogP contribution < -0.4 is 11.0 Å². The Morgan fingerprint density at radius 1 is 1.36 bits per heavy atom. The summed E-state index contributed by atoms with van der Waals surface area (Å²) in [6.45, 7) is 1.62. The standard InChI is InChI=1S/C13H13N5O4/c1-8(9-3-2-4-11(5-9)18(21)22)14-16-12(19)6-10-7-13(20)17-15-10/h2-5,7H,6H2,1H3,(H,16,19)(H2,15,17,20)/b14-8-. The molecule has 1 aromatic heterocycles. The summed E-state index contributed by atoms with van der Waals surface area (Å²) in [5.41, 5.74) is 3.36. The Labute approximate surface area is 124 Å². The van der Waals surface area contributed by atoms with Crippen molar-refractivity contribution in [2.45, 2.75) is 13.3 Å². The summed E-state index contributed by atoms with van der Waals surface area (Å²) in [4.78, 5) is 32.8. The molecule has 2 rings (SSSR count). The van der Waals surface area contributed by atoms with Gasteiger partial charge in [-0.1, -0.05) is 12.1 Å². The van der Waals surface area contributed by atoms with E-state index in [9.17, 15) is 19.7 Å². The molecular weight excluding hydrogens is 290 g/mol. The van der Waals surface area contributed by atoms with Gasteiger partial charge in [0.1, 0.15) is 0 Å². The van der Waals surface area contributed by atoms with Gasteiger partial charge in [0.2, 0.25) is 5.91 Å². The Morgan fingerprint density at radius 2 is 2.14 bits per heavy atom. The van der Waals surface area contributed by atoms with E-state index in [0.717, 1.165) is 0 Å². The van der Waals surface area contributed by atoms with Gasteiger partial charge in [0.15, 0.2) is 0 Å². The number of non-ortho nitro benzene ring substituents is 1. The highest BCUT2D eigenvalue weighted by atomic mass is 16.6. The molecule has 9 nitrogen and oxygen atoms in total. The van der Waals surface area contributed by atoms with E-state index in [1.54, 1.807) is 19.1 Å². The first kappa shape index (κ1) is 15.2. The smallest absolute Gasteiger partial charge is 0.270 e. The predicted molar refractivity (Wildman–Crippen MR) is 78.6 cm³/mol. The molecule has 1 heterocycles. The monoisotopic (exact) mass is 303 g/mol. The summed E-state index contributed by atoms with van der Waals surface area (Å²) >= 11 is 0. The van der Waals surface area contributed by atoms with E-state index in [1.807, 2.05) is 0 Å². The van der Waals surface area contributed by atoms with Crippen molar-refractivity contribution in [3.63, 3.8) is 0 Å². The molecule has 1 amide bonds. The minimum Gasteiger partial charge on any atom is -0.302 e. The molecule has 0 bridgehead atoms. The molecular formula is C13H13N5O4. The third-order valence-electron chi connectivity index (χ3n) is 2.83. The number of carbonyl (C=O) groups excluding carboxylic acids is 1. The number of carbonyl (C=O) groups is 1. The fraction of sp³-hybridized carbons (Fsp3) is 0.154. The van der Waals surface area contributed by atoms with E-state index in [2.05, 4.69) is 20.7 Å². The van der Waals surface area contributed by atoms with Crippen LogP contribution in [0.4, 0.5) is 5.69 Å². The average molecular weight is 303 g/mol. The lowest BCUT2D eigenvalue weighted by atomic mass is 10.1. The number of hydrogen-bond acceptors (Lipinski definition) is 5. The van der Waals surface area contributed by atoms with Gasteiger partial charge in [0.05, 0.1) is 17.1 Å². The molecule has 0 aliphatic carbocycles. The fourth-order valence-corrected chi connectivity index (χ4v) is 1.74. The maximum absolute atomic E-state index is 11.7. The normalized spacial score (nSPS) is 11.2. The Morgan fingerprint density at radius 3 is 2.77 bits per heavy atom.